The van der Waals surface area contributed by atoms with E-state index in [0.29, 0.717) is 6.42 Å². The number of carboxylic acid groups (broad SMARTS) is 1. The van der Waals surface area contributed by atoms with Crippen molar-refractivity contribution < 1.29 is 9.90 Å². The molecule has 0 aliphatic rings. The molecule has 0 unspecified atom stereocenters. The molecule has 1 atom stereocenters. The molecule has 1 heterocycles. The van der Waals surface area contributed by atoms with Gasteiger partial charge in [-0.15, -0.1) is 0 Å². The summed E-state index contributed by atoms with van der Waals surface area (Å²) < 4.78 is 0.954. The predicted molar refractivity (Wildman–Crippen MR) is 70.3 cm³/mol. The van der Waals surface area contributed by atoms with Crippen LogP contribution in [-0.4, -0.2) is 22.1 Å². The van der Waals surface area contributed by atoms with Gasteiger partial charge in [0.25, 0.3) is 0 Å². The van der Waals surface area contributed by atoms with E-state index in [4.69, 9.17) is 10.8 Å². The lowest BCUT2D eigenvalue weighted by Crippen LogP contribution is -2.32. The fourth-order valence-corrected chi connectivity index (χ4v) is 2.48. The van der Waals surface area contributed by atoms with Gasteiger partial charge >= 0.3 is 5.97 Å². The fourth-order valence-electron chi connectivity index (χ4n) is 1.67. The number of carbonyl (C=O) groups is 1. The molecule has 0 amide bonds. The highest BCUT2D eigenvalue weighted by Crippen LogP contribution is 2.24. The van der Waals surface area contributed by atoms with Crippen molar-refractivity contribution in [3.05, 3.63) is 33.5 Å². The summed E-state index contributed by atoms with van der Waals surface area (Å²) in [5.41, 5.74) is 7.54. The van der Waals surface area contributed by atoms with Gasteiger partial charge < -0.3 is 15.8 Å². The van der Waals surface area contributed by atoms with E-state index < -0.39 is 12.0 Å². The first-order chi connectivity index (χ1) is 7.59. The van der Waals surface area contributed by atoms with Crippen LogP contribution in [0, 0.1) is 3.70 Å². The molecule has 5 heteroatoms. The number of hydrogen-bond acceptors (Lipinski definition) is 2. The predicted octanol–water partition coefficient (Wildman–Crippen LogP) is 1.73. The summed E-state index contributed by atoms with van der Waals surface area (Å²) in [6, 6.07) is 6.95. The number of hydrogen-bond donors (Lipinski definition) is 3. The minimum absolute atomic E-state index is 0.345. The molecule has 1 aromatic carbocycles. The van der Waals surface area contributed by atoms with Crippen LogP contribution in [0.2, 0.25) is 0 Å². The number of aromatic amines is 1. The van der Waals surface area contributed by atoms with Gasteiger partial charge in [-0.2, -0.15) is 0 Å². The lowest BCUT2D eigenvalue weighted by atomic mass is 10.1. The molecule has 1 aromatic heterocycles. The fraction of sp³-hybridized carbons (Fsp3) is 0.182. The van der Waals surface area contributed by atoms with Gasteiger partial charge in [-0.3, -0.25) is 4.79 Å². The second-order valence-electron chi connectivity index (χ2n) is 3.61. The minimum atomic E-state index is -0.971. The molecule has 2 aromatic rings. The summed E-state index contributed by atoms with van der Waals surface area (Å²) in [6.07, 6.45) is 0.345. The number of nitrogens with two attached hydrogens (primary N) is 1. The van der Waals surface area contributed by atoms with Gasteiger partial charge in [0.05, 0.1) is 3.70 Å². The normalized spacial score (nSPS) is 12.9. The maximum Gasteiger partial charge on any atom is 0.320 e. The minimum Gasteiger partial charge on any atom is -0.480 e. The third kappa shape index (κ3) is 2.05. The third-order valence-electron chi connectivity index (χ3n) is 2.50. The number of aromatic nitrogens is 1. The summed E-state index contributed by atoms with van der Waals surface area (Å²) in [6.45, 7) is 0. The Hall–Kier alpha value is -1.08. The summed E-state index contributed by atoms with van der Waals surface area (Å²) >= 11 is 2.17. The van der Waals surface area contributed by atoms with Crippen molar-refractivity contribution >= 4 is 39.5 Å². The Morgan fingerprint density at radius 1 is 1.50 bits per heavy atom. The Kier molecular flexibility index (Phi) is 3.15. The van der Waals surface area contributed by atoms with Gasteiger partial charge in [0.2, 0.25) is 0 Å². The number of aliphatic carboxylic acids is 1. The average molecular weight is 330 g/mol. The zero-order valence-corrected chi connectivity index (χ0v) is 10.6. The van der Waals surface area contributed by atoms with Gasteiger partial charge in [-0.25, -0.2) is 0 Å². The molecule has 4 nitrogen and oxygen atoms in total. The van der Waals surface area contributed by atoms with Crippen molar-refractivity contribution in [3.63, 3.8) is 0 Å². The van der Waals surface area contributed by atoms with Gasteiger partial charge in [-0.1, -0.05) is 18.2 Å². The molecule has 4 N–H and O–H groups in total. The van der Waals surface area contributed by atoms with E-state index >= 15 is 0 Å². The molecular formula is C11H11IN2O2. The lowest BCUT2D eigenvalue weighted by molar-refractivity contribution is -0.138. The Morgan fingerprint density at radius 2 is 2.19 bits per heavy atom. The number of para-hydroxylation sites is 1. The van der Waals surface area contributed by atoms with Crippen molar-refractivity contribution in [2.45, 2.75) is 12.5 Å². The van der Waals surface area contributed by atoms with Gasteiger partial charge in [0, 0.05) is 17.3 Å². The number of halogens is 1. The van der Waals surface area contributed by atoms with Gasteiger partial charge in [-0.05, 0) is 34.2 Å². The quantitative estimate of drug-likeness (QED) is 0.750. The van der Waals surface area contributed by atoms with Crippen molar-refractivity contribution in [1.82, 2.24) is 4.98 Å². The highest BCUT2D eigenvalue weighted by molar-refractivity contribution is 14.1. The monoisotopic (exact) mass is 330 g/mol. The van der Waals surface area contributed by atoms with Gasteiger partial charge in [0.1, 0.15) is 6.04 Å². The zero-order chi connectivity index (χ0) is 11.7. The van der Waals surface area contributed by atoms with Crippen LogP contribution in [0.3, 0.4) is 0 Å². The third-order valence-corrected chi connectivity index (χ3v) is 3.42. The molecule has 0 saturated carbocycles. The van der Waals surface area contributed by atoms with E-state index in [-0.39, 0.29) is 0 Å². The Labute approximate surface area is 106 Å². The second kappa shape index (κ2) is 4.42. The first-order valence-corrected chi connectivity index (χ1v) is 5.91. The van der Waals surface area contributed by atoms with Crippen LogP contribution in [-0.2, 0) is 11.2 Å². The largest absolute Gasteiger partial charge is 0.480 e. The Balaban J connectivity index is 2.43. The molecule has 0 fully saturated rings. The molecule has 84 valence electrons. The Bertz CT molecular complexity index is 536. The highest BCUT2D eigenvalue weighted by Gasteiger charge is 2.17. The van der Waals surface area contributed by atoms with E-state index in [2.05, 4.69) is 27.6 Å². The van der Waals surface area contributed by atoms with E-state index in [1.165, 1.54) is 0 Å². The second-order valence-corrected chi connectivity index (χ2v) is 4.69. The molecule has 0 aliphatic heterocycles. The van der Waals surface area contributed by atoms with Gasteiger partial charge in [0.15, 0.2) is 0 Å². The van der Waals surface area contributed by atoms with Crippen molar-refractivity contribution in [2.24, 2.45) is 5.73 Å². The molecule has 16 heavy (non-hydrogen) atoms. The van der Waals surface area contributed by atoms with Crippen molar-refractivity contribution in [2.75, 3.05) is 0 Å². The Morgan fingerprint density at radius 3 is 2.88 bits per heavy atom. The maximum atomic E-state index is 10.7. The van der Waals surface area contributed by atoms with E-state index in [9.17, 15) is 4.79 Å². The number of fused-ring (bicyclic) bond motifs is 1. The zero-order valence-electron chi connectivity index (χ0n) is 8.40. The van der Waals surface area contributed by atoms with E-state index in [0.717, 1.165) is 20.2 Å². The SMILES string of the molecule is N[C@@H](Cc1c(I)[nH]c2ccccc12)C(=O)O. The number of carboxylic acids is 1. The topological polar surface area (TPSA) is 79.1 Å². The first kappa shape index (κ1) is 11.4. The highest BCUT2D eigenvalue weighted by atomic mass is 127. The van der Waals surface area contributed by atoms with Crippen LogP contribution in [0.1, 0.15) is 5.56 Å². The molecular weight excluding hydrogens is 319 g/mol. The summed E-state index contributed by atoms with van der Waals surface area (Å²) in [7, 11) is 0. The summed E-state index contributed by atoms with van der Waals surface area (Å²) in [5, 5.41) is 9.85. The van der Waals surface area contributed by atoms with Crippen LogP contribution in [0.5, 0.6) is 0 Å². The summed E-state index contributed by atoms with van der Waals surface area (Å²) in [5.74, 6) is -0.971. The molecule has 0 aliphatic carbocycles. The first-order valence-electron chi connectivity index (χ1n) is 4.83. The number of rotatable bonds is 3. The number of benzene rings is 1. The number of nitrogens with one attached hydrogen (secondary N) is 1. The average Bonchev–Trinajstić information content (AvgIpc) is 2.55. The molecule has 0 radical (unpaired) electrons. The van der Waals surface area contributed by atoms with Crippen LogP contribution in [0.4, 0.5) is 0 Å². The standard InChI is InChI=1S/C11H11IN2O2/c12-10-7(5-8(13)11(15)16)6-3-1-2-4-9(6)14-10/h1-4,8,14H,5,13H2,(H,15,16)/t8-/m0/s1. The van der Waals surface area contributed by atoms with E-state index in [1.54, 1.807) is 0 Å². The van der Waals surface area contributed by atoms with Crippen LogP contribution in [0.25, 0.3) is 10.9 Å². The van der Waals surface area contributed by atoms with Crippen LogP contribution in [0.15, 0.2) is 24.3 Å². The maximum absolute atomic E-state index is 10.7. The molecule has 0 bridgehead atoms. The smallest absolute Gasteiger partial charge is 0.320 e. The molecule has 2 rings (SSSR count). The molecule has 0 saturated heterocycles. The van der Waals surface area contributed by atoms with Crippen LogP contribution >= 0.6 is 22.6 Å². The molecule has 0 spiro atoms. The lowest BCUT2D eigenvalue weighted by Gasteiger charge is -2.05. The van der Waals surface area contributed by atoms with E-state index in [1.807, 2.05) is 24.3 Å². The van der Waals surface area contributed by atoms with Crippen molar-refractivity contribution in [1.29, 1.82) is 0 Å². The number of H-pyrrole nitrogens is 1. The summed E-state index contributed by atoms with van der Waals surface area (Å²) in [4.78, 5) is 13.9. The van der Waals surface area contributed by atoms with Crippen LogP contribution < -0.4 is 5.73 Å². The van der Waals surface area contributed by atoms with Crippen molar-refractivity contribution in [3.8, 4) is 0 Å².